The lowest BCUT2D eigenvalue weighted by Crippen LogP contribution is -2.29. The van der Waals surface area contributed by atoms with E-state index in [1.165, 1.54) is 17.5 Å². The zero-order chi connectivity index (χ0) is 19.8. The van der Waals surface area contributed by atoms with Crippen LogP contribution in [0.15, 0.2) is 59.6 Å². The zero-order valence-corrected chi connectivity index (χ0v) is 17.1. The van der Waals surface area contributed by atoms with Gasteiger partial charge in [0.05, 0.1) is 17.1 Å². The van der Waals surface area contributed by atoms with Crippen molar-refractivity contribution in [2.45, 2.75) is 43.0 Å². The summed E-state index contributed by atoms with van der Waals surface area (Å²) in [7, 11) is -3.49. The van der Waals surface area contributed by atoms with Gasteiger partial charge in [-0.3, -0.25) is 0 Å². The van der Waals surface area contributed by atoms with Crippen LogP contribution >= 0.6 is 0 Å². The van der Waals surface area contributed by atoms with Crippen molar-refractivity contribution in [1.29, 1.82) is 0 Å². The third-order valence-corrected chi connectivity index (χ3v) is 7.90. The van der Waals surface area contributed by atoms with Gasteiger partial charge in [-0.1, -0.05) is 41.6 Å². The molecule has 2 aliphatic rings. The minimum absolute atomic E-state index is 0.00682. The topological polar surface area (TPSA) is 68.1 Å². The number of benzene rings is 2. The lowest BCUT2D eigenvalue weighted by atomic mass is 9.92. The number of aryl methyl sites for hydroxylation is 2. The van der Waals surface area contributed by atoms with Crippen molar-refractivity contribution in [3.8, 4) is 11.3 Å². The minimum atomic E-state index is -3.49. The molecule has 2 aromatic carbocycles. The molecule has 29 heavy (non-hydrogen) atoms. The van der Waals surface area contributed by atoms with Gasteiger partial charge in [0.1, 0.15) is 5.69 Å². The molecule has 1 aliphatic heterocycles. The second-order valence-electron chi connectivity index (χ2n) is 7.89. The standard InChI is InChI=1S/C22H24N4O2S/c27-29(28,21-11-10-17-6-4-5-9-19(17)14-21)25-13-12-20(15-25)26-16-22(23-24-26)18-7-2-1-3-8-18/h1-3,7-8,10-11,14,16,20H,4-6,9,12-13,15H2. The predicted octanol–water partition coefficient (Wildman–Crippen LogP) is 3.46. The molecule has 0 spiro atoms. The van der Waals surface area contributed by atoms with Crippen molar-refractivity contribution in [3.05, 3.63) is 65.9 Å². The minimum Gasteiger partial charge on any atom is -0.247 e. The maximum absolute atomic E-state index is 13.2. The molecule has 2 heterocycles. The summed E-state index contributed by atoms with van der Waals surface area (Å²) in [5.41, 5.74) is 4.30. The Labute approximate surface area is 171 Å². The first kappa shape index (κ1) is 18.5. The summed E-state index contributed by atoms with van der Waals surface area (Å²) in [6.07, 6.45) is 7.00. The quantitative estimate of drug-likeness (QED) is 0.663. The summed E-state index contributed by atoms with van der Waals surface area (Å²) in [5.74, 6) is 0. The van der Waals surface area contributed by atoms with Gasteiger partial charge in [-0.2, -0.15) is 4.31 Å². The van der Waals surface area contributed by atoms with Gasteiger partial charge in [0, 0.05) is 18.7 Å². The highest BCUT2D eigenvalue weighted by atomic mass is 32.2. The van der Waals surface area contributed by atoms with Crippen LogP contribution in [0.5, 0.6) is 0 Å². The van der Waals surface area contributed by atoms with E-state index in [-0.39, 0.29) is 6.04 Å². The average Bonchev–Trinajstić information content (AvgIpc) is 3.44. The smallest absolute Gasteiger partial charge is 0.243 e. The molecule has 1 aromatic heterocycles. The molecule has 0 radical (unpaired) electrons. The van der Waals surface area contributed by atoms with E-state index in [1.807, 2.05) is 53.3 Å². The van der Waals surface area contributed by atoms with Gasteiger partial charge in [0.2, 0.25) is 10.0 Å². The monoisotopic (exact) mass is 408 g/mol. The van der Waals surface area contributed by atoms with Gasteiger partial charge >= 0.3 is 0 Å². The van der Waals surface area contributed by atoms with E-state index in [9.17, 15) is 8.42 Å². The van der Waals surface area contributed by atoms with Crippen LogP contribution in [0.4, 0.5) is 0 Å². The highest BCUT2D eigenvalue weighted by Crippen LogP contribution is 2.30. The van der Waals surface area contributed by atoms with E-state index in [2.05, 4.69) is 10.3 Å². The highest BCUT2D eigenvalue weighted by Gasteiger charge is 2.34. The molecular formula is C22H24N4O2S. The molecule has 5 rings (SSSR count). The van der Waals surface area contributed by atoms with Crippen LogP contribution in [-0.4, -0.2) is 40.8 Å². The van der Waals surface area contributed by atoms with E-state index in [1.54, 1.807) is 10.4 Å². The van der Waals surface area contributed by atoms with Crippen LogP contribution in [0.25, 0.3) is 11.3 Å². The third-order valence-electron chi connectivity index (χ3n) is 6.04. The Morgan fingerprint density at radius 2 is 1.76 bits per heavy atom. The number of sulfonamides is 1. The fourth-order valence-electron chi connectivity index (χ4n) is 4.36. The van der Waals surface area contributed by atoms with Crippen LogP contribution in [-0.2, 0) is 22.9 Å². The average molecular weight is 409 g/mol. The van der Waals surface area contributed by atoms with Gasteiger partial charge in [0.15, 0.2) is 0 Å². The van der Waals surface area contributed by atoms with Crippen LogP contribution < -0.4 is 0 Å². The zero-order valence-electron chi connectivity index (χ0n) is 16.2. The first-order valence-corrected chi connectivity index (χ1v) is 11.6. The molecule has 0 N–H and O–H groups in total. The Hall–Kier alpha value is -2.51. The molecule has 3 aromatic rings. The normalized spacial score (nSPS) is 19.9. The van der Waals surface area contributed by atoms with Crippen LogP contribution in [0.1, 0.15) is 36.4 Å². The molecule has 1 saturated heterocycles. The molecule has 1 atom stereocenters. The van der Waals surface area contributed by atoms with Crippen molar-refractivity contribution in [2.24, 2.45) is 0 Å². The van der Waals surface area contributed by atoms with Crippen molar-refractivity contribution >= 4 is 10.0 Å². The molecule has 7 heteroatoms. The van der Waals surface area contributed by atoms with Gasteiger partial charge in [-0.15, -0.1) is 5.10 Å². The van der Waals surface area contributed by atoms with Crippen molar-refractivity contribution in [1.82, 2.24) is 19.3 Å². The number of rotatable bonds is 4. The SMILES string of the molecule is O=S(=O)(c1ccc2c(c1)CCCC2)N1CCC(n2cc(-c3ccccc3)nn2)C1. The lowest BCUT2D eigenvalue weighted by molar-refractivity contribution is 0.428. The highest BCUT2D eigenvalue weighted by molar-refractivity contribution is 7.89. The maximum atomic E-state index is 13.2. The van der Waals surface area contributed by atoms with E-state index in [0.29, 0.717) is 18.0 Å². The van der Waals surface area contributed by atoms with E-state index in [4.69, 9.17) is 0 Å². The van der Waals surface area contributed by atoms with Gasteiger partial charge in [-0.05, 0) is 55.4 Å². The van der Waals surface area contributed by atoms with Crippen LogP contribution in [0, 0.1) is 0 Å². The summed E-state index contributed by atoms with van der Waals surface area (Å²) in [6.45, 7) is 0.932. The molecule has 1 fully saturated rings. The first-order chi connectivity index (χ1) is 14.1. The Bertz CT molecular complexity index is 1120. The molecule has 0 amide bonds. The summed E-state index contributed by atoms with van der Waals surface area (Å²) in [4.78, 5) is 0.419. The van der Waals surface area contributed by atoms with Gasteiger partial charge < -0.3 is 0 Å². The molecule has 1 unspecified atom stereocenters. The summed E-state index contributed by atoms with van der Waals surface area (Å²) in [5, 5.41) is 8.54. The van der Waals surface area contributed by atoms with Crippen molar-refractivity contribution in [3.63, 3.8) is 0 Å². The van der Waals surface area contributed by atoms with Crippen molar-refractivity contribution < 1.29 is 8.42 Å². The number of hydrogen-bond donors (Lipinski definition) is 0. The largest absolute Gasteiger partial charge is 0.247 e. The summed E-state index contributed by atoms with van der Waals surface area (Å²) >= 11 is 0. The Kier molecular flexibility index (Phi) is 4.72. The Morgan fingerprint density at radius 1 is 0.966 bits per heavy atom. The molecule has 0 saturated carbocycles. The molecule has 6 nitrogen and oxygen atoms in total. The van der Waals surface area contributed by atoms with Gasteiger partial charge in [0.25, 0.3) is 0 Å². The van der Waals surface area contributed by atoms with Gasteiger partial charge in [-0.25, -0.2) is 13.1 Å². The number of aromatic nitrogens is 3. The Morgan fingerprint density at radius 3 is 2.59 bits per heavy atom. The number of fused-ring (bicyclic) bond motifs is 1. The van der Waals surface area contributed by atoms with E-state index >= 15 is 0 Å². The molecule has 1 aliphatic carbocycles. The summed E-state index contributed by atoms with van der Waals surface area (Å²) < 4.78 is 29.8. The Balaban J connectivity index is 1.35. The second kappa shape index (κ2) is 7.39. The van der Waals surface area contributed by atoms with Crippen LogP contribution in [0.2, 0.25) is 0 Å². The fourth-order valence-corrected chi connectivity index (χ4v) is 5.90. The van der Waals surface area contributed by atoms with Crippen LogP contribution in [0.3, 0.4) is 0 Å². The van der Waals surface area contributed by atoms with E-state index in [0.717, 1.165) is 36.9 Å². The predicted molar refractivity (Wildman–Crippen MR) is 111 cm³/mol. The molecular weight excluding hydrogens is 384 g/mol. The molecule has 150 valence electrons. The number of hydrogen-bond acceptors (Lipinski definition) is 4. The summed E-state index contributed by atoms with van der Waals surface area (Å²) in [6, 6.07) is 15.6. The first-order valence-electron chi connectivity index (χ1n) is 10.2. The fraction of sp³-hybridized carbons (Fsp3) is 0.364. The molecule has 0 bridgehead atoms. The van der Waals surface area contributed by atoms with Crippen molar-refractivity contribution in [2.75, 3.05) is 13.1 Å². The second-order valence-corrected chi connectivity index (χ2v) is 9.83. The van der Waals surface area contributed by atoms with E-state index < -0.39 is 10.0 Å². The maximum Gasteiger partial charge on any atom is 0.243 e. The third kappa shape index (κ3) is 3.49. The number of nitrogens with zero attached hydrogens (tertiary/aromatic N) is 4. The lowest BCUT2D eigenvalue weighted by Gasteiger charge is -2.20.